The summed E-state index contributed by atoms with van der Waals surface area (Å²) in [5.74, 6) is 0.844. The molecule has 15 heavy (non-hydrogen) atoms. The number of benzene rings is 2. The predicted molar refractivity (Wildman–Crippen MR) is 59.8 cm³/mol. The lowest BCUT2D eigenvalue weighted by Crippen LogP contribution is -1.86. The summed E-state index contributed by atoms with van der Waals surface area (Å²) in [4.78, 5) is 0. The minimum absolute atomic E-state index is 0.448. The van der Waals surface area contributed by atoms with Gasteiger partial charge in [0.2, 0.25) is 0 Å². The first kappa shape index (κ1) is 9.54. The van der Waals surface area contributed by atoms with Gasteiger partial charge < -0.3 is 4.74 Å². The molecule has 2 aromatic carbocycles. The van der Waals surface area contributed by atoms with E-state index in [1.807, 2.05) is 36.4 Å². The summed E-state index contributed by atoms with van der Waals surface area (Å²) in [6.45, 7) is 0. The van der Waals surface area contributed by atoms with Gasteiger partial charge >= 0.3 is 0 Å². The van der Waals surface area contributed by atoms with Crippen molar-refractivity contribution in [2.45, 2.75) is 6.42 Å². The van der Waals surface area contributed by atoms with Crippen LogP contribution in [0.25, 0.3) is 10.8 Å². The summed E-state index contributed by atoms with van der Waals surface area (Å²) in [6, 6.07) is 14.1. The second kappa shape index (κ2) is 4.02. The van der Waals surface area contributed by atoms with Crippen LogP contribution in [0, 0.1) is 11.3 Å². The summed E-state index contributed by atoms with van der Waals surface area (Å²) < 4.78 is 5.16. The molecule has 0 bridgehead atoms. The van der Waals surface area contributed by atoms with Crippen LogP contribution in [0.5, 0.6) is 5.75 Å². The lowest BCUT2D eigenvalue weighted by atomic mass is 10.0. The quantitative estimate of drug-likeness (QED) is 0.741. The van der Waals surface area contributed by atoms with Crippen LogP contribution in [0.4, 0.5) is 0 Å². The zero-order valence-electron chi connectivity index (χ0n) is 8.53. The average Bonchev–Trinajstić information content (AvgIpc) is 2.29. The standard InChI is InChI=1S/C13H11NO/c1-15-12-5-6-13-10(7-8-14)3-2-4-11(13)9-12/h2-6,9H,7H2,1H3. The van der Waals surface area contributed by atoms with Crippen molar-refractivity contribution >= 4 is 10.8 Å². The van der Waals surface area contributed by atoms with Crippen molar-refractivity contribution in [1.29, 1.82) is 5.26 Å². The van der Waals surface area contributed by atoms with Crippen LogP contribution < -0.4 is 4.74 Å². The first-order valence-electron chi connectivity index (χ1n) is 4.78. The molecule has 2 nitrogen and oxygen atoms in total. The Kier molecular flexibility index (Phi) is 2.55. The zero-order chi connectivity index (χ0) is 10.7. The highest BCUT2D eigenvalue weighted by Crippen LogP contribution is 2.23. The van der Waals surface area contributed by atoms with Gasteiger partial charge in [-0.2, -0.15) is 5.26 Å². The lowest BCUT2D eigenvalue weighted by Gasteiger charge is -2.05. The SMILES string of the molecule is COc1ccc2c(CC#N)cccc2c1. The summed E-state index contributed by atoms with van der Waals surface area (Å²) in [7, 11) is 1.65. The zero-order valence-corrected chi connectivity index (χ0v) is 8.53. The summed E-state index contributed by atoms with van der Waals surface area (Å²) in [5, 5.41) is 10.9. The molecule has 0 heterocycles. The third kappa shape index (κ3) is 1.77. The number of nitriles is 1. The second-order valence-corrected chi connectivity index (χ2v) is 3.34. The summed E-state index contributed by atoms with van der Waals surface area (Å²) in [6.07, 6.45) is 0.448. The number of hydrogen-bond acceptors (Lipinski definition) is 2. The van der Waals surface area contributed by atoms with Gasteiger partial charge in [0.25, 0.3) is 0 Å². The smallest absolute Gasteiger partial charge is 0.119 e. The van der Waals surface area contributed by atoms with E-state index < -0.39 is 0 Å². The van der Waals surface area contributed by atoms with E-state index in [2.05, 4.69) is 6.07 Å². The van der Waals surface area contributed by atoms with Crippen molar-refractivity contribution in [3.8, 4) is 11.8 Å². The van der Waals surface area contributed by atoms with E-state index in [1.54, 1.807) is 7.11 Å². The Morgan fingerprint density at radius 2 is 2.13 bits per heavy atom. The van der Waals surface area contributed by atoms with Gasteiger partial charge in [0.15, 0.2) is 0 Å². The third-order valence-electron chi connectivity index (χ3n) is 2.45. The van der Waals surface area contributed by atoms with E-state index in [1.165, 1.54) is 0 Å². The number of rotatable bonds is 2. The van der Waals surface area contributed by atoms with E-state index in [9.17, 15) is 0 Å². The monoisotopic (exact) mass is 197 g/mol. The van der Waals surface area contributed by atoms with Crippen molar-refractivity contribution in [3.63, 3.8) is 0 Å². The Bertz CT molecular complexity index is 526. The predicted octanol–water partition coefficient (Wildman–Crippen LogP) is 2.91. The average molecular weight is 197 g/mol. The van der Waals surface area contributed by atoms with Crippen molar-refractivity contribution in [2.24, 2.45) is 0 Å². The normalized spacial score (nSPS) is 9.87. The molecule has 2 aromatic rings. The molecule has 0 saturated heterocycles. The van der Waals surface area contributed by atoms with Crippen molar-refractivity contribution in [3.05, 3.63) is 42.0 Å². The van der Waals surface area contributed by atoms with Gasteiger partial charge in [-0.05, 0) is 28.5 Å². The van der Waals surface area contributed by atoms with Crippen LogP contribution in [-0.2, 0) is 6.42 Å². The number of fused-ring (bicyclic) bond motifs is 1. The molecular weight excluding hydrogens is 186 g/mol. The van der Waals surface area contributed by atoms with E-state index in [-0.39, 0.29) is 0 Å². The molecule has 0 aliphatic carbocycles. The summed E-state index contributed by atoms with van der Waals surface area (Å²) >= 11 is 0. The van der Waals surface area contributed by atoms with Crippen LogP contribution in [0.1, 0.15) is 5.56 Å². The second-order valence-electron chi connectivity index (χ2n) is 3.34. The molecule has 0 fully saturated rings. The van der Waals surface area contributed by atoms with Gasteiger partial charge in [-0.15, -0.1) is 0 Å². The first-order valence-corrected chi connectivity index (χ1v) is 4.78. The maximum Gasteiger partial charge on any atom is 0.119 e. The van der Waals surface area contributed by atoms with Crippen LogP contribution >= 0.6 is 0 Å². The number of nitrogens with zero attached hydrogens (tertiary/aromatic N) is 1. The molecule has 0 spiro atoms. The molecule has 0 aliphatic heterocycles. The van der Waals surface area contributed by atoms with E-state index >= 15 is 0 Å². The van der Waals surface area contributed by atoms with Gasteiger partial charge in [0.1, 0.15) is 5.75 Å². The third-order valence-corrected chi connectivity index (χ3v) is 2.45. The van der Waals surface area contributed by atoms with Crippen molar-refractivity contribution in [2.75, 3.05) is 7.11 Å². The fraction of sp³-hybridized carbons (Fsp3) is 0.154. The Morgan fingerprint density at radius 1 is 1.27 bits per heavy atom. The van der Waals surface area contributed by atoms with Gasteiger partial charge in [-0.1, -0.05) is 24.3 Å². The first-order chi connectivity index (χ1) is 7.35. The molecule has 0 aromatic heterocycles. The number of methoxy groups -OCH3 is 1. The van der Waals surface area contributed by atoms with Crippen LogP contribution in [0.3, 0.4) is 0 Å². The van der Waals surface area contributed by atoms with E-state index in [0.29, 0.717) is 6.42 Å². The molecule has 2 heteroatoms. The molecule has 0 aliphatic rings. The molecule has 0 radical (unpaired) electrons. The molecular formula is C13H11NO. The molecule has 0 saturated carbocycles. The minimum Gasteiger partial charge on any atom is -0.497 e. The minimum atomic E-state index is 0.448. The van der Waals surface area contributed by atoms with Crippen molar-refractivity contribution < 1.29 is 4.74 Å². The van der Waals surface area contributed by atoms with Crippen LogP contribution in [0.15, 0.2) is 36.4 Å². The highest BCUT2D eigenvalue weighted by atomic mass is 16.5. The molecule has 2 rings (SSSR count). The highest BCUT2D eigenvalue weighted by molar-refractivity contribution is 5.87. The Hall–Kier alpha value is -2.01. The van der Waals surface area contributed by atoms with Crippen LogP contribution in [0.2, 0.25) is 0 Å². The molecule has 0 amide bonds. The van der Waals surface area contributed by atoms with Gasteiger partial charge in [-0.25, -0.2) is 0 Å². The van der Waals surface area contributed by atoms with Gasteiger partial charge in [0.05, 0.1) is 19.6 Å². The molecule has 0 N–H and O–H groups in total. The fourth-order valence-electron chi connectivity index (χ4n) is 1.70. The van der Waals surface area contributed by atoms with E-state index in [4.69, 9.17) is 10.00 Å². The maximum atomic E-state index is 8.71. The summed E-state index contributed by atoms with van der Waals surface area (Å²) in [5.41, 5.74) is 1.07. The molecule has 74 valence electrons. The van der Waals surface area contributed by atoms with Crippen molar-refractivity contribution in [1.82, 2.24) is 0 Å². The van der Waals surface area contributed by atoms with E-state index in [0.717, 1.165) is 22.1 Å². The van der Waals surface area contributed by atoms with Gasteiger partial charge in [-0.3, -0.25) is 0 Å². The lowest BCUT2D eigenvalue weighted by molar-refractivity contribution is 0.415. The number of hydrogen-bond donors (Lipinski definition) is 0. The fourth-order valence-corrected chi connectivity index (χ4v) is 1.70. The largest absolute Gasteiger partial charge is 0.497 e. The molecule has 0 atom stereocenters. The Labute approximate surface area is 88.7 Å². The van der Waals surface area contributed by atoms with Crippen LogP contribution in [-0.4, -0.2) is 7.11 Å². The highest BCUT2D eigenvalue weighted by Gasteiger charge is 2.01. The Balaban J connectivity index is 2.62. The number of ether oxygens (including phenoxy) is 1. The Morgan fingerprint density at radius 3 is 2.87 bits per heavy atom. The van der Waals surface area contributed by atoms with Gasteiger partial charge in [0, 0.05) is 0 Å². The topological polar surface area (TPSA) is 33.0 Å². The molecule has 0 unspecified atom stereocenters. The maximum absolute atomic E-state index is 8.71.